The molecular formula is C16H17FN6O3S. The van der Waals surface area contributed by atoms with E-state index in [1.54, 1.807) is 13.0 Å². The summed E-state index contributed by atoms with van der Waals surface area (Å²) in [6.45, 7) is 1.63. The second-order valence-electron chi connectivity index (χ2n) is 6.21. The Morgan fingerprint density at radius 1 is 1.33 bits per heavy atom. The van der Waals surface area contributed by atoms with E-state index in [9.17, 15) is 17.6 Å². The van der Waals surface area contributed by atoms with Crippen molar-refractivity contribution in [1.82, 2.24) is 14.3 Å². The topological polar surface area (TPSA) is 131 Å². The summed E-state index contributed by atoms with van der Waals surface area (Å²) in [6, 6.07) is 5.47. The number of carbonyl (C=O) groups is 1. The van der Waals surface area contributed by atoms with E-state index in [0.717, 1.165) is 16.6 Å². The molecule has 2 aromatic rings. The lowest BCUT2D eigenvalue weighted by Crippen LogP contribution is -2.50. The number of halogens is 1. The van der Waals surface area contributed by atoms with Crippen LogP contribution in [0.4, 0.5) is 10.2 Å². The number of anilines is 1. The fourth-order valence-electron chi connectivity index (χ4n) is 2.62. The summed E-state index contributed by atoms with van der Waals surface area (Å²) in [4.78, 5) is 24.2. The standard InChI is InChI=1S/C16H17FN6O3S/c1-16(9-27(25,26)23(2)15(18)22-16)10-5-6-19-13(7-10)21-14(24)12-4-3-11(17)8-20-12/h3-8H,9H2,1-2H3,(H2,18,22)(H,19,21,24)/t16-/m0/s1. The normalized spacial score (nSPS) is 21.4. The zero-order chi connectivity index (χ0) is 19.8. The summed E-state index contributed by atoms with van der Waals surface area (Å²) < 4.78 is 38.4. The Kier molecular flexibility index (Phi) is 4.56. The van der Waals surface area contributed by atoms with E-state index in [-0.39, 0.29) is 23.2 Å². The van der Waals surface area contributed by atoms with Gasteiger partial charge in [0, 0.05) is 13.2 Å². The maximum absolute atomic E-state index is 12.9. The lowest BCUT2D eigenvalue weighted by Gasteiger charge is -2.34. The first-order chi connectivity index (χ1) is 12.6. The SMILES string of the molecule is CN1C(N)=N[C@](C)(c2ccnc(NC(=O)c3ccc(F)cn3)c2)CS1(=O)=O. The number of nitrogens with zero attached hydrogens (tertiary/aromatic N) is 4. The molecule has 1 aliphatic heterocycles. The Morgan fingerprint density at radius 3 is 2.70 bits per heavy atom. The molecule has 0 fully saturated rings. The third-order valence-corrected chi connectivity index (χ3v) is 6.10. The molecule has 0 spiro atoms. The van der Waals surface area contributed by atoms with Crippen LogP contribution in [0.25, 0.3) is 0 Å². The Balaban J connectivity index is 1.89. The molecule has 11 heteroatoms. The van der Waals surface area contributed by atoms with Gasteiger partial charge in [-0.1, -0.05) is 0 Å². The number of nitrogens with one attached hydrogen (secondary N) is 1. The zero-order valence-corrected chi connectivity index (χ0v) is 15.4. The zero-order valence-electron chi connectivity index (χ0n) is 14.5. The number of nitrogens with two attached hydrogens (primary N) is 1. The maximum Gasteiger partial charge on any atom is 0.275 e. The smallest absolute Gasteiger partial charge is 0.275 e. The highest BCUT2D eigenvalue weighted by atomic mass is 32.2. The largest absolute Gasteiger partial charge is 0.369 e. The average molecular weight is 392 g/mol. The van der Waals surface area contributed by atoms with E-state index in [0.29, 0.717) is 5.56 Å². The monoisotopic (exact) mass is 392 g/mol. The molecule has 9 nitrogen and oxygen atoms in total. The van der Waals surface area contributed by atoms with Crippen molar-refractivity contribution in [2.45, 2.75) is 12.5 Å². The number of amides is 1. The molecule has 3 rings (SSSR count). The fourth-order valence-corrected chi connectivity index (χ4v) is 4.08. The van der Waals surface area contributed by atoms with Crippen molar-refractivity contribution >= 4 is 27.7 Å². The number of rotatable bonds is 3. The molecular weight excluding hydrogens is 375 g/mol. The Bertz CT molecular complexity index is 1020. The Hall–Kier alpha value is -3.08. The molecule has 0 radical (unpaired) electrons. The van der Waals surface area contributed by atoms with Crippen LogP contribution in [0.5, 0.6) is 0 Å². The van der Waals surface area contributed by atoms with Crippen molar-refractivity contribution in [2.24, 2.45) is 10.7 Å². The molecule has 0 aromatic carbocycles. The van der Waals surface area contributed by atoms with Crippen molar-refractivity contribution in [3.8, 4) is 0 Å². The van der Waals surface area contributed by atoms with Gasteiger partial charge < -0.3 is 11.1 Å². The molecule has 1 aliphatic rings. The van der Waals surface area contributed by atoms with Crippen LogP contribution in [0.2, 0.25) is 0 Å². The number of aliphatic imine (C=N–C) groups is 1. The van der Waals surface area contributed by atoms with E-state index in [1.807, 2.05) is 0 Å². The van der Waals surface area contributed by atoms with Crippen molar-refractivity contribution in [2.75, 3.05) is 18.1 Å². The van der Waals surface area contributed by atoms with E-state index < -0.39 is 27.3 Å². The molecule has 27 heavy (non-hydrogen) atoms. The number of pyridine rings is 2. The third-order valence-electron chi connectivity index (χ3n) is 4.15. The predicted octanol–water partition coefficient (Wildman–Crippen LogP) is 0.673. The molecule has 142 valence electrons. The molecule has 0 saturated heterocycles. The number of aromatic nitrogens is 2. The van der Waals surface area contributed by atoms with E-state index in [1.165, 1.54) is 25.4 Å². The molecule has 3 heterocycles. The molecule has 3 N–H and O–H groups in total. The summed E-state index contributed by atoms with van der Waals surface area (Å²) in [5.74, 6) is -1.37. The van der Waals surface area contributed by atoms with Crippen molar-refractivity contribution in [1.29, 1.82) is 0 Å². The molecule has 0 unspecified atom stereocenters. The van der Waals surface area contributed by atoms with E-state index >= 15 is 0 Å². The van der Waals surface area contributed by atoms with Gasteiger partial charge in [-0.3, -0.25) is 4.79 Å². The van der Waals surface area contributed by atoms with Crippen LogP contribution in [0.3, 0.4) is 0 Å². The summed E-state index contributed by atoms with van der Waals surface area (Å²) >= 11 is 0. The Labute approximate surface area is 155 Å². The van der Waals surface area contributed by atoms with Crippen LogP contribution in [0.15, 0.2) is 41.7 Å². The van der Waals surface area contributed by atoms with Crippen LogP contribution in [-0.4, -0.2) is 47.4 Å². The van der Waals surface area contributed by atoms with Gasteiger partial charge in [0.2, 0.25) is 16.0 Å². The highest BCUT2D eigenvalue weighted by molar-refractivity contribution is 7.89. The van der Waals surface area contributed by atoms with Gasteiger partial charge in [-0.2, -0.15) is 0 Å². The second-order valence-corrected chi connectivity index (χ2v) is 8.21. The predicted molar refractivity (Wildman–Crippen MR) is 96.9 cm³/mol. The van der Waals surface area contributed by atoms with Gasteiger partial charge in [0.1, 0.15) is 22.9 Å². The first kappa shape index (κ1) is 18.7. The minimum atomic E-state index is -3.63. The molecule has 0 aliphatic carbocycles. The maximum atomic E-state index is 12.9. The summed E-state index contributed by atoms with van der Waals surface area (Å²) in [5.41, 5.74) is 5.14. The lowest BCUT2D eigenvalue weighted by molar-refractivity contribution is 0.102. The molecule has 2 aromatic heterocycles. The minimum absolute atomic E-state index is 0.0129. The second kappa shape index (κ2) is 6.58. The van der Waals surface area contributed by atoms with Gasteiger partial charge in [-0.05, 0) is 36.8 Å². The minimum Gasteiger partial charge on any atom is -0.369 e. The molecule has 0 bridgehead atoms. The Morgan fingerprint density at radius 2 is 2.07 bits per heavy atom. The van der Waals surface area contributed by atoms with E-state index in [4.69, 9.17) is 5.73 Å². The highest BCUT2D eigenvalue weighted by Gasteiger charge is 2.40. The van der Waals surface area contributed by atoms with Crippen molar-refractivity contribution in [3.05, 3.63) is 53.7 Å². The number of carbonyl (C=O) groups excluding carboxylic acids is 1. The number of hydrogen-bond acceptors (Lipinski definition) is 7. The number of sulfonamides is 1. The first-order valence-corrected chi connectivity index (χ1v) is 9.43. The van der Waals surface area contributed by atoms with Crippen LogP contribution < -0.4 is 11.1 Å². The number of hydrogen-bond donors (Lipinski definition) is 2. The van der Waals surface area contributed by atoms with Gasteiger partial charge >= 0.3 is 0 Å². The van der Waals surface area contributed by atoms with Gasteiger partial charge in [-0.15, -0.1) is 0 Å². The lowest BCUT2D eigenvalue weighted by atomic mass is 9.95. The third kappa shape index (κ3) is 3.72. The van der Waals surface area contributed by atoms with Gasteiger partial charge in [-0.25, -0.2) is 32.1 Å². The molecule has 1 amide bonds. The number of guanidine groups is 1. The van der Waals surface area contributed by atoms with Crippen LogP contribution in [0, 0.1) is 5.82 Å². The van der Waals surface area contributed by atoms with Gasteiger partial charge in [0.05, 0.1) is 11.9 Å². The van der Waals surface area contributed by atoms with Gasteiger partial charge in [0.15, 0.2) is 0 Å². The quantitative estimate of drug-likeness (QED) is 0.790. The highest BCUT2D eigenvalue weighted by Crippen LogP contribution is 2.32. The van der Waals surface area contributed by atoms with Gasteiger partial charge in [0.25, 0.3) is 5.91 Å². The molecule has 1 atom stereocenters. The summed E-state index contributed by atoms with van der Waals surface area (Å²) in [5, 5.41) is 2.54. The van der Waals surface area contributed by atoms with Crippen molar-refractivity contribution < 1.29 is 17.6 Å². The average Bonchev–Trinajstić information content (AvgIpc) is 2.60. The summed E-state index contributed by atoms with van der Waals surface area (Å²) in [7, 11) is -2.29. The summed E-state index contributed by atoms with van der Waals surface area (Å²) in [6.07, 6.45) is 2.35. The fraction of sp³-hybridized carbons (Fsp3) is 0.250. The first-order valence-electron chi connectivity index (χ1n) is 7.82. The molecule has 0 saturated carbocycles. The van der Waals surface area contributed by atoms with Crippen molar-refractivity contribution in [3.63, 3.8) is 0 Å². The van der Waals surface area contributed by atoms with Crippen LogP contribution in [-0.2, 0) is 15.6 Å². The van der Waals surface area contributed by atoms with Crippen LogP contribution in [0.1, 0.15) is 23.0 Å². The van der Waals surface area contributed by atoms with E-state index in [2.05, 4.69) is 20.3 Å². The van der Waals surface area contributed by atoms with Crippen LogP contribution >= 0.6 is 0 Å².